The molecule has 0 amide bonds. The summed E-state index contributed by atoms with van der Waals surface area (Å²) in [5, 5.41) is 8.09. The van der Waals surface area contributed by atoms with Gasteiger partial charge in [0.25, 0.3) is 0 Å². The minimum Gasteiger partial charge on any atom is -0.312 e. The van der Waals surface area contributed by atoms with E-state index in [-0.39, 0.29) is 5.54 Å². The highest BCUT2D eigenvalue weighted by Crippen LogP contribution is 2.28. The summed E-state index contributed by atoms with van der Waals surface area (Å²) < 4.78 is 0. The molecule has 0 fully saturated rings. The molecule has 1 nitrogen and oxygen atoms in total. The SMILES string of the molecule is CCC(C)(CCc1ccsc1)CNC(C)(C)C. The topological polar surface area (TPSA) is 12.0 Å². The van der Waals surface area contributed by atoms with Crippen molar-refractivity contribution in [2.45, 2.75) is 59.4 Å². The third kappa shape index (κ3) is 5.69. The highest BCUT2D eigenvalue weighted by molar-refractivity contribution is 7.07. The van der Waals surface area contributed by atoms with E-state index in [1.165, 1.54) is 24.8 Å². The lowest BCUT2D eigenvalue weighted by molar-refractivity contribution is 0.239. The van der Waals surface area contributed by atoms with Gasteiger partial charge in [0.1, 0.15) is 0 Å². The highest BCUT2D eigenvalue weighted by atomic mass is 32.1. The van der Waals surface area contributed by atoms with E-state index in [9.17, 15) is 0 Å². The Labute approximate surface area is 111 Å². The van der Waals surface area contributed by atoms with Crippen molar-refractivity contribution >= 4 is 11.3 Å². The van der Waals surface area contributed by atoms with Crippen LogP contribution in [0.4, 0.5) is 0 Å². The number of hydrogen-bond acceptors (Lipinski definition) is 2. The second-order valence-electron chi connectivity index (χ2n) is 6.40. The first-order valence-corrected chi connectivity index (χ1v) is 7.55. The molecule has 0 aromatic carbocycles. The first-order valence-electron chi connectivity index (χ1n) is 6.61. The van der Waals surface area contributed by atoms with Crippen LogP contribution in [0.5, 0.6) is 0 Å². The standard InChI is InChI=1S/C15H27NS/c1-6-15(5,12-16-14(2,3)4)9-7-13-8-10-17-11-13/h8,10-11,16H,6-7,9,12H2,1-5H3. The van der Waals surface area contributed by atoms with E-state index in [0.717, 1.165) is 6.54 Å². The Morgan fingerprint density at radius 1 is 1.24 bits per heavy atom. The molecule has 2 heteroatoms. The number of nitrogens with one attached hydrogen (secondary N) is 1. The Morgan fingerprint density at radius 2 is 1.94 bits per heavy atom. The molecule has 1 aromatic heterocycles. The summed E-state index contributed by atoms with van der Waals surface area (Å²) in [7, 11) is 0. The van der Waals surface area contributed by atoms with E-state index in [1.807, 2.05) is 0 Å². The van der Waals surface area contributed by atoms with Crippen molar-refractivity contribution in [3.8, 4) is 0 Å². The fraction of sp³-hybridized carbons (Fsp3) is 0.733. The molecule has 0 aliphatic rings. The van der Waals surface area contributed by atoms with E-state index < -0.39 is 0 Å². The Balaban J connectivity index is 2.44. The normalized spacial score (nSPS) is 15.8. The van der Waals surface area contributed by atoms with E-state index >= 15 is 0 Å². The molecule has 0 saturated carbocycles. The molecule has 1 aromatic rings. The van der Waals surface area contributed by atoms with Crippen LogP contribution in [0.25, 0.3) is 0 Å². The predicted molar refractivity (Wildman–Crippen MR) is 78.8 cm³/mol. The molecule has 1 rings (SSSR count). The number of rotatable bonds is 6. The van der Waals surface area contributed by atoms with Crippen molar-refractivity contribution < 1.29 is 0 Å². The molecule has 0 spiro atoms. The molecule has 0 radical (unpaired) electrons. The zero-order chi connectivity index (χ0) is 12.9. The maximum Gasteiger partial charge on any atom is 0.00967 e. The molecule has 1 atom stereocenters. The van der Waals surface area contributed by atoms with Gasteiger partial charge >= 0.3 is 0 Å². The van der Waals surface area contributed by atoms with Crippen molar-refractivity contribution in [2.75, 3.05) is 6.54 Å². The van der Waals surface area contributed by atoms with Crippen LogP contribution in [-0.2, 0) is 6.42 Å². The van der Waals surface area contributed by atoms with Crippen LogP contribution < -0.4 is 5.32 Å². The minimum atomic E-state index is 0.221. The van der Waals surface area contributed by atoms with Crippen LogP contribution >= 0.6 is 11.3 Å². The molecule has 0 saturated heterocycles. The largest absolute Gasteiger partial charge is 0.312 e. The van der Waals surface area contributed by atoms with E-state index in [2.05, 4.69) is 56.8 Å². The second kappa shape index (κ2) is 6.01. The van der Waals surface area contributed by atoms with Gasteiger partial charge in [-0.15, -0.1) is 0 Å². The third-order valence-corrected chi connectivity index (χ3v) is 4.23. The molecule has 98 valence electrons. The van der Waals surface area contributed by atoms with Gasteiger partial charge in [-0.1, -0.05) is 13.8 Å². The number of aryl methyl sites for hydroxylation is 1. The van der Waals surface area contributed by atoms with Gasteiger partial charge in [-0.2, -0.15) is 11.3 Å². The van der Waals surface area contributed by atoms with Gasteiger partial charge in [-0.3, -0.25) is 0 Å². The summed E-state index contributed by atoms with van der Waals surface area (Å²) in [5.74, 6) is 0. The maximum atomic E-state index is 3.65. The summed E-state index contributed by atoms with van der Waals surface area (Å²) >= 11 is 1.80. The zero-order valence-corrected chi connectivity index (χ0v) is 12.8. The van der Waals surface area contributed by atoms with Gasteiger partial charge in [0.05, 0.1) is 0 Å². The fourth-order valence-electron chi connectivity index (χ4n) is 1.75. The fourth-order valence-corrected chi connectivity index (χ4v) is 2.45. The minimum absolute atomic E-state index is 0.221. The Morgan fingerprint density at radius 3 is 2.41 bits per heavy atom. The average Bonchev–Trinajstić information content (AvgIpc) is 2.76. The van der Waals surface area contributed by atoms with Crippen LogP contribution in [0.1, 0.15) is 53.0 Å². The van der Waals surface area contributed by atoms with Crippen molar-refractivity contribution in [3.63, 3.8) is 0 Å². The molecule has 0 bridgehead atoms. The van der Waals surface area contributed by atoms with Crippen molar-refractivity contribution in [3.05, 3.63) is 22.4 Å². The van der Waals surface area contributed by atoms with Crippen molar-refractivity contribution in [1.29, 1.82) is 0 Å². The molecular formula is C15H27NS. The van der Waals surface area contributed by atoms with E-state index in [1.54, 1.807) is 11.3 Å². The molecule has 1 unspecified atom stereocenters. The highest BCUT2D eigenvalue weighted by Gasteiger charge is 2.23. The molecule has 1 N–H and O–H groups in total. The second-order valence-corrected chi connectivity index (χ2v) is 7.18. The number of thiophene rings is 1. The summed E-state index contributed by atoms with van der Waals surface area (Å²) in [6.07, 6.45) is 3.71. The predicted octanol–water partition coefficient (Wildman–Crippen LogP) is 4.49. The lowest BCUT2D eigenvalue weighted by Crippen LogP contribution is -2.42. The Bertz CT molecular complexity index is 310. The average molecular weight is 253 g/mol. The lowest BCUT2D eigenvalue weighted by atomic mass is 9.81. The maximum absolute atomic E-state index is 3.65. The summed E-state index contributed by atoms with van der Waals surface area (Å²) in [4.78, 5) is 0. The van der Waals surface area contributed by atoms with Gasteiger partial charge < -0.3 is 5.32 Å². The van der Waals surface area contributed by atoms with Crippen LogP contribution in [0, 0.1) is 5.41 Å². The zero-order valence-electron chi connectivity index (χ0n) is 12.0. The van der Waals surface area contributed by atoms with E-state index in [4.69, 9.17) is 0 Å². The van der Waals surface area contributed by atoms with Gasteiger partial charge in [0.15, 0.2) is 0 Å². The first kappa shape index (κ1) is 14.7. The van der Waals surface area contributed by atoms with Gasteiger partial charge in [-0.05, 0) is 67.8 Å². The summed E-state index contributed by atoms with van der Waals surface area (Å²) in [6, 6.07) is 2.25. The monoisotopic (exact) mass is 253 g/mol. The van der Waals surface area contributed by atoms with Gasteiger partial charge in [0, 0.05) is 12.1 Å². The molecule has 0 aliphatic carbocycles. The number of hydrogen-bond donors (Lipinski definition) is 1. The summed E-state index contributed by atoms with van der Waals surface area (Å²) in [6.45, 7) is 12.5. The molecule has 0 aliphatic heterocycles. The van der Waals surface area contributed by atoms with Crippen LogP contribution in [0.3, 0.4) is 0 Å². The Hall–Kier alpha value is -0.340. The molecule has 17 heavy (non-hydrogen) atoms. The van der Waals surface area contributed by atoms with Crippen LogP contribution in [0.2, 0.25) is 0 Å². The smallest absolute Gasteiger partial charge is 0.00967 e. The molecular weight excluding hydrogens is 226 g/mol. The van der Waals surface area contributed by atoms with Crippen molar-refractivity contribution in [2.24, 2.45) is 5.41 Å². The third-order valence-electron chi connectivity index (χ3n) is 3.50. The van der Waals surface area contributed by atoms with Gasteiger partial charge in [0.2, 0.25) is 0 Å². The summed E-state index contributed by atoms with van der Waals surface area (Å²) in [5.41, 5.74) is 2.12. The first-order chi connectivity index (χ1) is 7.85. The van der Waals surface area contributed by atoms with E-state index in [0.29, 0.717) is 5.41 Å². The Kier molecular flexibility index (Phi) is 5.21. The lowest BCUT2D eigenvalue weighted by Gasteiger charge is -2.33. The quantitative estimate of drug-likeness (QED) is 0.788. The van der Waals surface area contributed by atoms with Gasteiger partial charge in [-0.25, -0.2) is 0 Å². The van der Waals surface area contributed by atoms with Crippen molar-refractivity contribution in [1.82, 2.24) is 5.32 Å². The molecule has 1 heterocycles. The van der Waals surface area contributed by atoms with Crippen LogP contribution in [-0.4, -0.2) is 12.1 Å². The van der Waals surface area contributed by atoms with Crippen LogP contribution in [0.15, 0.2) is 16.8 Å².